The number of halogens is 3. The number of imidazole rings is 1. The Labute approximate surface area is 137 Å². The number of nitrogens with zero attached hydrogens (tertiary/aromatic N) is 1. The summed E-state index contributed by atoms with van der Waals surface area (Å²) in [4.78, 5) is 7.31. The topological polar surface area (TPSA) is 40.7 Å². The van der Waals surface area contributed by atoms with Gasteiger partial charge in [-0.25, -0.2) is 4.98 Å². The summed E-state index contributed by atoms with van der Waals surface area (Å²) in [6.45, 7) is 3.14. The lowest BCUT2D eigenvalue weighted by molar-refractivity contribution is 0.555. The molecule has 0 aliphatic rings. The Kier molecular flexibility index (Phi) is 9.68. The van der Waals surface area contributed by atoms with E-state index in [-0.39, 0.29) is 24.8 Å². The van der Waals surface area contributed by atoms with Crippen molar-refractivity contribution in [2.45, 2.75) is 25.8 Å². The Balaban J connectivity index is 0.00000180. The molecule has 0 saturated carbocycles. The van der Waals surface area contributed by atoms with Gasteiger partial charge in [0.1, 0.15) is 5.82 Å². The molecule has 0 spiro atoms. The van der Waals surface area contributed by atoms with Crippen molar-refractivity contribution >= 4 is 36.4 Å². The first-order valence-corrected chi connectivity index (χ1v) is 6.60. The van der Waals surface area contributed by atoms with Crippen molar-refractivity contribution in [3.05, 3.63) is 53.1 Å². The molecule has 1 unspecified atom stereocenters. The summed E-state index contributed by atoms with van der Waals surface area (Å²) in [6, 6.07) is 8.33. The van der Waals surface area contributed by atoms with Gasteiger partial charge < -0.3 is 10.3 Å². The van der Waals surface area contributed by atoms with Gasteiger partial charge in [-0.1, -0.05) is 23.7 Å². The summed E-state index contributed by atoms with van der Waals surface area (Å²) in [5.41, 5.74) is 1.26. The zero-order chi connectivity index (χ0) is 12.8. The lowest BCUT2D eigenvalue weighted by atomic mass is 10.1. The molecule has 1 aromatic heterocycles. The van der Waals surface area contributed by atoms with Crippen molar-refractivity contribution < 1.29 is 0 Å². The Bertz CT molecular complexity index is 457. The van der Waals surface area contributed by atoms with Crippen molar-refractivity contribution in [1.29, 1.82) is 0 Å². The largest absolute Gasteiger partial charge is 0.349 e. The Morgan fingerprint density at radius 3 is 2.55 bits per heavy atom. The van der Waals surface area contributed by atoms with E-state index in [1.807, 2.05) is 18.3 Å². The second-order valence-electron chi connectivity index (χ2n) is 4.37. The van der Waals surface area contributed by atoms with Crippen LogP contribution >= 0.6 is 36.4 Å². The highest BCUT2D eigenvalue weighted by Crippen LogP contribution is 2.15. The summed E-state index contributed by atoms with van der Waals surface area (Å²) in [6.07, 6.45) is 5.71. The molecule has 0 bridgehead atoms. The first kappa shape index (κ1) is 19.3. The number of benzene rings is 1. The zero-order valence-electron chi connectivity index (χ0n) is 11.3. The summed E-state index contributed by atoms with van der Waals surface area (Å²) in [5, 5.41) is 4.28. The fraction of sp³-hybridized carbons (Fsp3) is 0.357. The molecule has 2 N–H and O–H groups in total. The van der Waals surface area contributed by atoms with Gasteiger partial charge >= 0.3 is 0 Å². The van der Waals surface area contributed by atoms with E-state index in [1.54, 1.807) is 6.20 Å². The maximum atomic E-state index is 5.87. The quantitative estimate of drug-likeness (QED) is 0.777. The molecule has 0 fully saturated rings. The van der Waals surface area contributed by atoms with Crippen LogP contribution in [0.5, 0.6) is 0 Å². The average molecular weight is 337 g/mol. The van der Waals surface area contributed by atoms with Crippen LogP contribution in [0.2, 0.25) is 5.02 Å². The van der Waals surface area contributed by atoms with E-state index in [1.165, 1.54) is 5.56 Å². The maximum Gasteiger partial charge on any atom is 0.106 e. The summed E-state index contributed by atoms with van der Waals surface area (Å²) < 4.78 is 0. The minimum Gasteiger partial charge on any atom is -0.349 e. The maximum absolute atomic E-state index is 5.87. The van der Waals surface area contributed by atoms with Crippen LogP contribution in [0, 0.1) is 0 Å². The van der Waals surface area contributed by atoms with Gasteiger partial charge in [0.15, 0.2) is 0 Å². The van der Waals surface area contributed by atoms with Crippen LogP contribution in [0.25, 0.3) is 0 Å². The third kappa shape index (κ3) is 6.14. The number of aromatic amines is 1. The molecule has 1 heterocycles. The molecule has 3 nitrogen and oxygen atoms in total. The third-order valence-electron chi connectivity index (χ3n) is 2.97. The minimum atomic E-state index is 0. The van der Waals surface area contributed by atoms with Gasteiger partial charge in [-0.15, -0.1) is 24.8 Å². The number of rotatable bonds is 6. The van der Waals surface area contributed by atoms with Crippen LogP contribution in [0.3, 0.4) is 0 Å². The molecule has 20 heavy (non-hydrogen) atoms. The molecule has 2 aromatic rings. The molecule has 1 atom stereocenters. The molecule has 112 valence electrons. The van der Waals surface area contributed by atoms with Crippen molar-refractivity contribution in [2.24, 2.45) is 0 Å². The van der Waals surface area contributed by atoms with Crippen molar-refractivity contribution in [2.75, 3.05) is 6.54 Å². The Morgan fingerprint density at radius 2 is 1.95 bits per heavy atom. The van der Waals surface area contributed by atoms with Gasteiger partial charge in [0.25, 0.3) is 0 Å². The molecule has 0 saturated heterocycles. The van der Waals surface area contributed by atoms with E-state index in [2.05, 4.69) is 34.3 Å². The fourth-order valence-corrected chi connectivity index (χ4v) is 2.00. The first-order chi connectivity index (χ1) is 8.75. The minimum absolute atomic E-state index is 0. The number of H-pyrrole nitrogens is 1. The highest BCUT2D eigenvalue weighted by atomic mass is 35.5. The molecule has 0 radical (unpaired) electrons. The van der Waals surface area contributed by atoms with Crippen LogP contribution in [0.4, 0.5) is 0 Å². The van der Waals surface area contributed by atoms with E-state index < -0.39 is 0 Å². The summed E-state index contributed by atoms with van der Waals surface area (Å²) in [5.74, 6) is 1.05. The molecule has 2 rings (SSSR count). The third-order valence-corrected chi connectivity index (χ3v) is 3.22. The molecular formula is C14H20Cl3N3. The lowest BCUT2D eigenvalue weighted by Gasteiger charge is -2.14. The number of aromatic nitrogens is 2. The molecule has 0 aliphatic heterocycles. The predicted octanol–water partition coefficient (Wildman–Crippen LogP) is 4.19. The molecular weight excluding hydrogens is 317 g/mol. The van der Waals surface area contributed by atoms with Crippen molar-refractivity contribution in [3.8, 4) is 0 Å². The van der Waals surface area contributed by atoms with E-state index in [0.717, 1.165) is 30.2 Å². The Hall–Kier alpha value is -0.740. The smallest absolute Gasteiger partial charge is 0.106 e. The van der Waals surface area contributed by atoms with Gasteiger partial charge in [-0.05, 0) is 37.6 Å². The second-order valence-corrected chi connectivity index (χ2v) is 4.80. The molecule has 0 aliphatic carbocycles. The number of aryl methyl sites for hydroxylation is 1. The van der Waals surface area contributed by atoms with Crippen LogP contribution in [0.15, 0.2) is 36.7 Å². The van der Waals surface area contributed by atoms with Gasteiger partial charge in [-0.3, -0.25) is 0 Å². The first-order valence-electron chi connectivity index (χ1n) is 6.23. The lowest BCUT2D eigenvalue weighted by Crippen LogP contribution is -2.20. The standard InChI is InChI=1S/C14H18ClN3.2ClH/c1-11(12-4-6-13(15)7-5-12)16-8-2-3-14-17-9-10-18-14;;/h4-7,9-11,16H,2-3,8H2,1H3,(H,17,18);2*1H. The Morgan fingerprint density at radius 1 is 1.25 bits per heavy atom. The van der Waals surface area contributed by atoms with Gasteiger partial charge in [-0.2, -0.15) is 0 Å². The van der Waals surface area contributed by atoms with Crippen LogP contribution in [0.1, 0.15) is 30.8 Å². The highest BCUT2D eigenvalue weighted by molar-refractivity contribution is 6.30. The van der Waals surface area contributed by atoms with Gasteiger partial charge in [0.05, 0.1) is 0 Å². The normalized spacial score (nSPS) is 11.3. The molecule has 1 aromatic carbocycles. The fourth-order valence-electron chi connectivity index (χ4n) is 1.88. The monoisotopic (exact) mass is 335 g/mol. The van der Waals surface area contributed by atoms with Crippen LogP contribution in [-0.4, -0.2) is 16.5 Å². The van der Waals surface area contributed by atoms with Gasteiger partial charge in [0.2, 0.25) is 0 Å². The highest BCUT2D eigenvalue weighted by Gasteiger charge is 2.04. The number of hydrogen-bond acceptors (Lipinski definition) is 2. The van der Waals surface area contributed by atoms with E-state index in [9.17, 15) is 0 Å². The average Bonchev–Trinajstić information content (AvgIpc) is 2.88. The molecule has 6 heteroatoms. The SMILES string of the molecule is CC(NCCCc1ncc[nH]1)c1ccc(Cl)cc1.Cl.Cl. The van der Waals surface area contributed by atoms with Crippen molar-refractivity contribution in [1.82, 2.24) is 15.3 Å². The second kappa shape index (κ2) is 10.1. The number of hydrogen-bond donors (Lipinski definition) is 2. The van der Waals surface area contributed by atoms with E-state index in [4.69, 9.17) is 11.6 Å². The molecule has 0 amide bonds. The van der Waals surface area contributed by atoms with Crippen LogP contribution in [-0.2, 0) is 6.42 Å². The summed E-state index contributed by atoms with van der Waals surface area (Å²) in [7, 11) is 0. The summed E-state index contributed by atoms with van der Waals surface area (Å²) >= 11 is 5.87. The predicted molar refractivity (Wildman–Crippen MR) is 89.3 cm³/mol. The zero-order valence-corrected chi connectivity index (χ0v) is 13.7. The van der Waals surface area contributed by atoms with Crippen LogP contribution < -0.4 is 5.32 Å². The van der Waals surface area contributed by atoms with E-state index in [0.29, 0.717) is 6.04 Å². The van der Waals surface area contributed by atoms with Gasteiger partial charge in [0, 0.05) is 29.9 Å². The number of nitrogens with one attached hydrogen (secondary N) is 2. The van der Waals surface area contributed by atoms with Crippen molar-refractivity contribution in [3.63, 3.8) is 0 Å². The van der Waals surface area contributed by atoms with E-state index >= 15 is 0 Å².